The number of hydrogen-bond acceptors (Lipinski definition) is 2. The molecular formula is C55H59F6O2P. The van der Waals surface area contributed by atoms with Crippen LogP contribution in [0.2, 0.25) is 0 Å². The summed E-state index contributed by atoms with van der Waals surface area (Å²) in [6, 6.07) is 49.7. The third kappa shape index (κ3) is 12.2. The normalized spacial score (nSPS) is 11.2. The molecule has 0 aliphatic heterocycles. The summed E-state index contributed by atoms with van der Waals surface area (Å²) in [5, 5.41) is 2.64. The Bertz CT molecular complexity index is 2390. The van der Waals surface area contributed by atoms with E-state index in [2.05, 4.69) is 0 Å². The Morgan fingerprint density at radius 1 is 0.359 bits per heavy atom. The van der Waals surface area contributed by atoms with Gasteiger partial charge in [0.15, 0.2) is 12.9 Å². The molecule has 0 saturated heterocycles. The molecule has 338 valence electrons. The molecule has 2 nitrogen and oxygen atoms in total. The summed E-state index contributed by atoms with van der Waals surface area (Å²) in [6.45, 7) is 11.3. The fourth-order valence-corrected chi connectivity index (χ4v) is 9.38. The van der Waals surface area contributed by atoms with E-state index < -0.39 is 36.0 Å². The van der Waals surface area contributed by atoms with Crippen molar-refractivity contribution in [3.63, 3.8) is 0 Å². The Labute approximate surface area is 376 Å². The summed E-state index contributed by atoms with van der Waals surface area (Å²) < 4.78 is 96.4. The van der Waals surface area contributed by atoms with Crippen molar-refractivity contribution >= 4 is 28.8 Å². The van der Waals surface area contributed by atoms with Gasteiger partial charge in [-0.2, -0.15) is 26.3 Å². The van der Waals surface area contributed by atoms with Crippen LogP contribution in [0, 0.1) is 41.5 Å². The molecule has 0 N–H and O–H groups in total. The van der Waals surface area contributed by atoms with Gasteiger partial charge < -0.3 is 4.57 Å². The molecular weight excluding hydrogens is 838 g/mol. The van der Waals surface area contributed by atoms with Crippen LogP contribution in [-0.4, -0.2) is 18.1 Å². The second-order valence-corrected chi connectivity index (χ2v) is 17.9. The molecule has 0 aliphatic carbocycles. The first kappa shape index (κ1) is 54.2. The zero-order chi connectivity index (χ0) is 44.6. The second-order valence-electron chi connectivity index (χ2n) is 15.2. The number of rotatable bonds is 7. The van der Waals surface area contributed by atoms with Crippen LogP contribution >= 0.6 is 7.14 Å². The van der Waals surface area contributed by atoms with Crippen LogP contribution in [0.5, 0.6) is 0 Å². The first-order valence-corrected chi connectivity index (χ1v) is 21.2. The van der Waals surface area contributed by atoms with Crippen molar-refractivity contribution in [2.75, 3.05) is 0 Å². The standard InChI is InChI=1S/C20H19OP.C17H14F6.C15H14O.3CH4/c1-16-8-12-19(13-9-16)22(21,18-6-4-3-5-7-18)20-14-10-17(2)11-15-20;1-11-3-7-13(8-4-11)15(16(18,19)20,17(21,22)23)14-9-5-12(2)6-10-14;1-11-3-7-13(8-4-11)15(16)14-9-5-12(2)6-10-14;;;/h3-15H,1-2H3;3-10H,1-2H3;3-10H,1-2H3;3*1H4. The molecule has 0 saturated carbocycles. The molecule has 0 unspecified atom stereocenters. The maximum absolute atomic E-state index is 14.0. The lowest BCUT2D eigenvalue weighted by atomic mass is 9.72. The Kier molecular flexibility index (Phi) is 19.1. The first-order chi connectivity index (χ1) is 28.8. The van der Waals surface area contributed by atoms with Crippen molar-refractivity contribution in [1.29, 1.82) is 0 Å². The van der Waals surface area contributed by atoms with Gasteiger partial charge in [0.25, 0.3) is 0 Å². The van der Waals surface area contributed by atoms with Crippen molar-refractivity contribution < 1.29 is 35.7 Å². The zero-order valence-corrected chi connectivity index (χ0v) is 35.7. The van der Waals surface area contributed by atoms with Crippen molar-refractivity contribution in [3.05, 3.63) is 232 Å². The van der Waals surface area contributed by atoms with E-state index in [1.165, 1.54) is 46.5 Å². The minimum absolute atomic E-state index is 0. The highest BCUT2D eigenvalue weighted by Crippen LogP contribution is 2.56. The smallest absolute Gasteiger partial charge is 0.309 e. The SMILES string of the molecule is C.C.C.Cc1ccc(C(=O)c2ccc(C)cc2)cc1.Cc1ccc(C(c2ccc(C)cc2)(C(F)(F)F)C(F)(F)F)cc1.Cc1ccc(P(=O)(c2ccccc2)c2ccc(C)cc2)cc1. The highest BCUT2D eigenvalue weighted by Gasteiger charge is 2.72. The second kappa shape index (κ2) is 22.6. The Hall–Kier alpha value is -5.98. The average molecular weight is 897 g/mol. The number of alkyl halides is 6. The lowest BCUT2D eigenvalue weighted by Gasteiger charge is -2.38. The Morgan fingerprint density at radius 3 is 0.859 bits per heavy atom. The van der Waals surface area contributed by atoms with Crippen LogP contribution in [0.15, 0.2) is 176 Å². The van der Waals surface area contributed by atoms with E-state index in [4.69, 9.17) is 0 Å². The van der Waals surface area contributed by atoms with Gasteiger partial charge in [-0.25, -0.2) is 0 Å². The van der Waals surface area contributed by atoms with Gasteiger partial charge in [-0.05, 0) is 52.7 Å². The van der Waals surface area contributed by atoms with Crippen LogP contribution in [-0.2, 0) is 9.98 Å². The van der Waals surface area contributed by atoms with Crippen LogP contribution < -0.4 is 15.9 Å². The monoisotopic (exact) mass is 896 g/mol. The summed E-state index contributed by atoms with van der Waals surface area (Å²) in [5.41, 5.74) is 1.59. The Balaban J connectivity index is 0.000000327. The van der Waals surface area contributed by atoms with E-state index in [0.717, 1.165) is 51.3 Å². The molecule has 64 heavy (non-hydrogen) atoms. The number of carbonyl (C=O) groups is 1. The molecule has 7 aromatic carbocycles. The number of hydrogen-bond donors (Lipinski definition) is 0. The highest BCUT2D eigenvalue weighted by atomic mass is 31.2. The fourth-order valence-electron chi connectivity index (χ4n) is 6.76. The average Bonchev–Trinajstić information content (AvgIpc) is 3.23. The number of halogens is 6. The van der Waals surface area contributed by atoms with Gasteiger partial charge in [-0.15, -0.1) is 0 Å². The van der Waals surface area contributed by atoms with Crippen LogP contribution in [0.25, 0.3) is 0 Å². The molecule has 0 radical (unpaired) electrons. The quantitative estimate of drug-likeness (QED) is 0.0907. The van der Waals surface area contributed by atoms with Gasteiger partial charge in [0.05, 0.1) is 0 Å². The molecule has 7 rings (SSSR count). The third-order valence-electron chi connectivity index (χ3n) is 10.4. The molecule has 0 spiro atoms. The number of carbonyl (C=O) groups excluding carboxylic acids is 1. The summed E-state index contributed by atoms with van der Waals surface area (Å²) in [4.78, 5) is 12.1. The first-order valence-electron chi connectivity index (χ1n) is 19.5. The zero-order valence-electron chi connectivity index (χ0n) is 34.8. The fraction of sp³-hybridized carbons (Fsp3) is 0.218. The maximum atomic E-state index is 14.0. The topological polar surface area (TPSA) is 34.1 Å². The van der Waals surface area contributed by atoms with E-state index in [1.54, 1.807) is 13.8 Å². The van der Waals surface area contributed by atoms with E-state index in [0.29, 0.717) is 11.1 Å². The molecule has 0 atom stereocenters. The van der Waals surface area contributed by atoms with Crippen LogP contribution in [0.3, 0.4) is 0 Å². The van der Waals surface area contributed by atoms with Crippen molar-refractivity contribution in [1.82, 2.24) is 0 Å². The third-order valence-corrected chi connectivity index (χ3v) is 13.4. The molecule has 0 amide bonds. The molecule has 0 fully saturated rings. The molecule has 0 heterocycles. The van der Waals surface area contributed by atoms with Gasteiger partial charge in [-0.1, -0.05) is 232 Å². The summed E-state index contributed by atoms with van der Waals surface area (Å²) in [7, 11) is -2.82. The van der Waals surface area contributed by atoms with Gasteiger partial charge in [0.2, 0.25) is 5.41 Å². The Morgan fingerprint density at radius 2 is 0.594 bits per heavy atom. The van der Waals surface area contributed by atoms with Crippen molar-refractivity contribution in [2.24, 2.45) is 0 Å². The molecule has 0 aliphatic rings. The van der Waals surface area contributed by atoms with Crippen LogP contribution in [0.4, 0.5) is 26.3 Å². The van der Waals surface area contributed by atoms with Gasteiger partial charge in [-0.3, -0.25) is 4.79 Å². The lowest BCUT2D eigenvalue weighted by Crippen LogP contribution is -2.54. The largest absolute Gasteiger partial charge is 0.411 e. The highest BCUT2D eigenvalue weighted by molar-refractivity contribution is 7.85. The van der Waals surface area contributed by atoms with Crippen molar-refractivity contribution in [2.45, 2.75) is 81.6 Å². The lowest BCUT2D eigenvalue weighted by molar-refractivity contribution is -0.288. The molecule has 0 aromatic heterocycles. The molecule has 7 aromatic rings. The molecule has 9 heteroatoms. The van der Waals surface area contributed by atoms with E-state index in [-0.39, 0.29) is 28.1 Å². The van der Waals surface area contributed by atoms with Gasteiger partial charge in [0.1, 0.15) is 0 Å². The minimum Gasteiger partial charge on any atom is -0.309 e. The summed E-state index contributed by atoms with van der Waals surface area (Å²) >= 11 is 0. The number of aryl methyl sites for hydroxylation is 6. The summed E-state index contributed by atoms with van der Waals surface area (Å²) in [5.74, 6) is 0.0833. The van der Waals surface area contributed by atoms with Crippen molar-refractivity contribution in [3.8, 4) is 0 Å². The maximum Gasteiger partial charge on any atom is 0.411 e. The number of ketones is 1. The van der Waals surface area contributed by atoms with Gasteiger partial charge in [0, 0.05) is 27.0 Å². The predicted molar refractivity (Wildman–Crippen MR) is 257 cm³/mol. The number of benzene rings is 7. The van der Waals surface area contributed by atoms with E-state index >= 15 is 0 Å². The van der Waals surface area contributed by atoms with Crippen LogP contribution in [0.1, 0.15) is 82.7 Å². The summed E-state index contributed by atoms with van der Waals surface area (Å²) in [6.07, 6.45) is -11.1. The van der Waals surface area contributed by atoms with E-state index in [9.17, 15) is 35.7 Å². The molecule has 0 bridgehead atoms. The van der Waals surface area contributed by atoms with E-state index in [1.807, 2.05) is 155 Å². The van der Waals surface area contributed by atoms with Gasteiger partial charge >= 0.3 is 12.4 Å². The minimum atomic E-state index is -5.53. The predicted octanol–water partition coefficient (Wildman–Crippen LogP) is 15.1.